The van der Waals surface area contributed by atoms with E-state index in [1.807, 2.05) is 0 Å². The summed E-state index contributed by atoms with van der Waals surface area (Å²) in [5, 5.41) is 0.562. The van der Waals surface area contributed by atoms with Crippen molar-refractivity contribution in [2.75, 3.05) is 21.3 Å². The van der Waals surface area contributed by atoms with Crippen LogP contribution in [0.1, 0.15) is 15.9 Å². The van der Waals surface area contributed by atoms with Crippen molar-refractivity contribution in [3.05, 3.63) is 57.6 Å². The van der Waals surface area contributed by atoms with E-state index in [1.165, 1.54) is 45.6 Å². The molecule has 0 aliphatic carbocycles. The molecule has 28 heavy (non-hydrogen) atoms. The Balaban J connectivity index is 2.05. The number of rotatable bonds is 6. The minimum absolute atomic E-state index is 0.142. The van der Waals surface area contributed by atoms with Crippen LogP contribution in [-0.4, -0.2) is 33.1 Å². The van der Waals surface area contributed by atoms with Gasteiger partial charge >= 0.3 is 0 Å². The highest BCUT2D eigenvalue weighted by Gasteiger charge is 2.13. The summed E-state index contributed by atoms with van der Waals surface area (Å²) in [6, 6.07) is 7.80. The molecule has 2 aromatic rings. The van der Waals surface area contributed by atoms with Gasteiger partial charge in [0.2, 0.25) is 5.75 Å². The molecule has 0 spiro atoms. The minimum Gasteiger partial charge on any atom is -0.493 e. The van der Waals surface area contributed by atoms with Gasteiger partial charge in [-0.2, -0.15) is 0 Å². The normalized spacial score (nSPS) is 10.5. The van der Waals surface area contributed by atoms with Gasteiger partial charge in [-0.3, -0.25) is 20.4 Å². The number of carbonyl (C=O) groups excluding carboxylic acids is 2. The summed E-state index contributed by atoms with van der Waals surface area (Å²) < 4.78 is 15.8. The lowest BCUT2D eigenvalue weighted by Crippen LogP contribution is -2.40. The summed E-state index contributed by atoms with van der Waals surface area (Å²) in [7, 11) is 4.49. The topological polar surface area (TPSA) is 85.9 Å². The van der Waals surface area contributed by atoms with Gasteiger partial charge in [0, 0.05) is 11.1 Å². The number of hydrogen-bond donors (Lipinski definition) is 2. The third kappa shape index (κ3) is 5.31. The second-order valence-electron chi connectivity index (χ2n) is 5.36. The zero-order valence-electron chi connectivity index (χ0n) is 15.3. The van der Waals surface area contributed by atoms with Gasteiger partial charge in [-0.1, -0.05) is 23.2 Å². The van der Waals surface area contributed by atoms with Crippen molar-refractivity contribution >= 4 is 41.1 Å². The predicted octanol–water partition coefficient (Wildman–Crippen LogP) is 3.49. The van der Waals surface area contributed by atoms with E-state index in [9.17, 15) is 9.59 Å². The quantitative estimate of drug-likeness (QED) is 0.547. The smallest absolute Gasteiger partial charge is 0.271 e. The molecule has 0 aromatic heterocycles. The second kappa shape index (κ2) is 9.87. The monoisotopic (exact) mass is 424 g/mol. The summed E-state index contributed by atoms with van der Waals surface area (Å²) in [5.41, 5.74) is 5.30. The number of carbonyl (C=O) groups is 2. The lowest BCUT2D eigenvalue weighted by Gasteiger charge is -2.12. The van der Waals surface area contributed by atoms with Crippen LogP contribution in [0.2, 0.25) is 10.0 Å². The maximum absolute atomic E-state index is 12.1. The lowest BCUT2D eigenvalue weighted by molar-refractivity contribution is -0.117. The first-order chi connectivity index (χ1) is 13.4. The first-order valence-electron chi connectivity index (χ1n) is 7.93. The number of benzene rings is 2. The Labute approximate surface area is 172 Å². The van der Waals surface area contributed by atoms with Crippen LogP contribution >= 0.6 is 23.2 Å². The Morgan fingerprint density at radius 2 is 1.57 bits per heavy atom. The third-order valence-corrected chi connectivity index (χ3v) is 4.15. The summed E-state index contributed by atoms with van der Waals surface area (Å²) in [5.74, 6) is 0.191. The number of ether oxygens (including phenoxy) is 3. The zero-order valence-corrected chi connectivity index (χ0v) is 16.9. The average Bonchev–Trinajstić information content (AvgIpc) is 2.71. The molecular weight excluding hydrogens is 407 g/mol. The van der Waals surface area contributed by atoms with Crippen molar-refractivity contribution in [1.29, 1.82) is 0 Å². The van der Waals surface area contributed by atoms with Crippen molar-refractivity contribution in [2.24, 2.45) is 0 Å². The highest BCUT2D eigenvalue weighted by Crippen LogP contribution is 2.38. The Bertz CT molecular complexity index is 890. The second-order valence-corrected chi connectivity index (χ2v) is 6.20. The summed E-state index contributed by atoms with van der Waals surface area (Å²) in [6.07, 6.45) is 2.76. The molecule has 0 atom stereocenters. The molecule has 2 amide bonds. The van der Waals surface area contributed by atoms with Crippen molar-refractivity contribution < 1.29 is 23.8 Å². The van der Waals surface area contributed by atoms with E-state index in [0.717, 1.165) is 0 Å². The standard InChI is InChI=1S/C19H18Cl2N2O5/c1-26-15-8-11(9-16(27-2)18(15)28-3)4-7-17(24)22-23-19(25)13-10-12(20)5-6-14(13)21/h4-10H,1-3H3,(H,22,24)(H,23,25)/b7-4+. The van der Waals surface area contributed by atoms with E-state index in [4.69, 9.17) is 37.4 Å². The van der Waals surface area contributed by atoms with Gasteiger partial charge in [-0.05, 0) is 42.0 Å². The van der Waals surface area contributed by atoms with Crippen LogP contribution in [0.25, 0.3) is 6.08 Å². The molecule has 0 radical (unpaired) electrons. The van der Waals surface area contributed by atoms with E-state index in [0.29, 0.717) is 27.8 Å². The largest absolute Gasteiger partial charge is 0.493 e. The highest BCUT2D eigenvalue weighted by molar-refractivity contribution is 6.35. The van der Waals surface area contributed by atoms with Crippen molar-refractivity contribution in [1.82, 2.24) is 10.9 Å². The van der Waals surface area contributed by atoms with Gasteiger partial charge in [-0.25, -0.2) is 0 Å². The van der Waals surface area contributed by atoms with Crippen molar-refractivity contribution in [3.63, 3.8) is 0 Å². The number of hydrogen-bond acceptors (Lipinski definition) is 5. The fourth-order valence-corrected chi connectivity index (χ4v) is 2.64. The SMILES string of the molecule is COc1cc(/C=C/C(=O)NNC(=O)c2cc(Cl)ccc2Cl)cc(OC)c1OC. The molecule has 0 saturated heterocycles. The molecule has 0 aliphatic rings. The number of methoxy groups -OCH3 is 3. The zero-order chi connectivity index (χ0) is 20.7. The molecule has 7 nitrogen and oxygen atoms in total. The molecule has 0 aliphatic heterocycles. The maximum atomic E-state index is 12.1. The Kier molecular flexibility index (Phi) is 7.54. The summed E-state index contributed by atoms with van der Waals surface area (Å²) in [4.78, 5) is 24.1. The Hall–Kier alpha value is -2.90. The van der Waals surface area contributed by atoms with Crippen LogP contribution in [0.4, 0.5) is 0 Å². The molecular formula is C19H18Cl2N2O5. The Morgan fingerprint density at radius 3 is 2.14 bits per heavy atom. The maximum Gasteiger partial charge on any atom is 0.271 e. The molecule has 2 rings (SSSR count). The van der Waals surface area contributed by atoms with Crippen molar-refractivity contribution in [2.45, 2.75) is 0 Å². The van der Waals surface area contributed by atoms with E-state index in [2.05, 4.69) is 10.9 Å². The van der Waals surface area contributed by atoms with Crippen LogP contribution in [0.5, 0.6) is 17.2 Å². The highest BCUT2D eigenvalue weighted by atomic mass is 35.5. The van der Waals surface area contributed by atoms with Gasteiger partial charge in [0.25, 0.3) is 11.8 Å². The van der Waals surface area contributed by atoms with E-state index in [-0.39, 0.29) is 10.6 Å². The van der Waals surface area contributed by atoms with Gasteiger partial charge in [0.05, 0.1) is 31.9 Å². The predicted molar refractivity (Wildman–Crippen MR) is 107 cm³/mol. The molecule has 0 bridgehead atoms. The van der Waals surface area contributed by atoms with Crippen LogP contribution in [0, 0.1) is 0 Å². The fourth-order valence-electron chi connectivity index (χ4n) is 2.27. The van der Waals surface area contributed by atoms with Gasteiger partial charge in [0.15, 0.2) is 11.5 Å². The van der Waals surface area contributed by atoms with E-state index in [1.54, 1.807) is 18.2 Å². The van der Waals surface area contributed by atoms with Crippen LogP contribution in [0.15, 0.2) is 36.4 Å². The molecule has 2 N–H and O–H groups in total. The first-order valence-corrected chi connectivity index (χ1v) is 8.68. The number of hydrazine groups is 1. The van der Waals surface area contributed by atoms with E-state index < -0.39 is 11.8 Å². The number of halogens is 2. The number of amides is 2. The van der Waals surface area contributed by atoms with Crippen molar-refractivity contribution in [3.8, 4) is 17.2 Å². The number of nitrogens with one attached hydrogen (secondary N) is 2. The third-order valence-electron chi connectivity index (χ3n) is 3.59. The average molecular weight is 425 g/mol. The lowest BCUT2D eigenvalue weighted by atomic mass is 10.1. The Morgan fingerprint density at radius 1 is 0.929 bits per heavy atom. The fraction of sp³-hybridized carbons (Fsp3) is 0.158. The molecule has 0 fully saturated rings. The van der Waals surface area contributed by atoms with Gasteiger partial charge < -0.3 is 14.2 Å². The van der Waals surface area contributed by atoms with E-state index >= 15 is 0 Å². The van der Waals surface area contributed by atoms with Gasteiger partial charge in [0.1, 0.15) is 0 Å². The molecule has 2 aromatic carbocycles. The summed E-state index contributed by atoms with van der Waals surface area (Å²) in [6.45, 7) is 0. The van der Waals surface area contributed by atoms with Crippen LogP contribution in [-0.2, 0) is 4.79 Å². The van der Waals surface area contributed by atoms with Gasteiger partial charge in [-0.15, -0.1) is 0 Å². The molecule has 0 heterocycles. The van der Waals surface area contributed by atoms with Crippen LogP contribution < -0.4 is 25.1 Å². The first kappa shape index (κ1) is 21.4. The molecule has 9 heteroatoms. The summed E-state index contributed by atoms with van der Waals surface area (Å²) >= 11 is 11.8. The minimum atomic E-state index is -0.595. The molecule has 0 saturated carbocycles. The molecule has 0 unspecified atom stereocenters. The molecule has 148 valence electrons. The van der Waals surface area contributed by atoms with Crippen LogP contribution in [0.3, 0.4) is 0 Å².